The molecular formula is C23H31N5O2. The van der Waals surface area contributed by atoms with E-state index in [0.29, 0.717) is 24.7 Å². The molecule has 2 heterocycles. The molecule has 30 heavy (non-hydrogen) atoms. The fraction of sp³-hybridized carbons (Fsp3) is 0.522. The SMILES string of the molecule is O=C(NC1CCCCC1)NC1CCN(C(=O)c2ccc(Cn3ccnc3)cc2)CC1. The molecule has 3 amide bonds. The highest BCUT2D eigenvalue weighted by Crippen LogP contribution is 2.18. The highest BCUT2D eigenvalue weighted by molar-refractivity contribution is 5.94. The van der Waals surface area contributed by atoms with Crippen LogP contribution in [-0.4, -0.2) is 51.6 Å². The van der Waals surface area contributed by atoms with Gasteiger partial charge in [-0.1, -0.05) is 31.4 Å². The number of carbonyl (C=O) groups is 2. The molecule has 7 nitrogen and oxygen atoms in total. The van der Waals surface area contributed by atoms with Gasteiger partial charge in [0, 0.05) is 49.7 Å². The van der Waals surface area contributed by atoms with E-state index in [1.54, 1.807) is 12.5 Å². The van der Waals surface area contributed by atoms with Crippen LogP contribution in [0.3, 0.4) is 0 Å². The summed E-state index contributed by atoms with van der Waals surface area (Å²) in [5.74, 6) is 0.0642. The molecule has 1 aliphatic heterocycles. The van der Waals surface area contributed by atoms with E-state index in [4.69, 9.17) is 0 Å². The fourth-order valence-corrected chi connectivity index (χ4v) is 4.41. The Balaban J connectivity index is 1.22. The van der Waals surface area contributed by atoms with Crippen LogP contribution in [0.1, 0.15) is 60.9 Å². The van der Waals surface area contributed by atoms with Crippen LogP contribution in [0.15, 0.2) is 43.0 Å². The Morgan fingerprint density at radius 1 is 0.933 bits per heavy atom. The molecule has 0 unspecified atom stereocenters. The molecule has 7 heteroatoms. The predicted molar refractivity (Wildman–Crippen MR) is 115 cm³/mol. The van der Waals surface area contributed by atoms with Gasteiger partial charge < -0.3 is 20.1 Å². The van der Waals surface area contributed by atoms with Crippen LogP contribution in [0.5, 0.6) is 0 Å². The summed E-state index contributed by atoms with van der Waals surface area (Å²) in [6.45, 7) is 2.09. The van der Waals surface area contributed by atoms with E-state index in [1.165, 1.54) is 19.3 Å². The Hall–Kier alpha value is -2.83. The van der Waals surface area contributed by atoms with E-state index in [1.807, 2.05) is 39.9 Å². The van der Waals surface area contributed by atoms with Gasteiger partial charge in [0.25, 0.3) is 5.91 Å². The van der Waals surface area contributed by atoms with Crippen molar-refractivity contribution in [2.75, 3.05) is 13.1 Å². The molecule has 1 saturated carbocycles. The summed E-state index contributed by atoms with van der Waals surface area (Å²) in [6, 6.07) is 8.19. The van der Waals surface area contributed by atoms with Gasteiger partial charge in [-0.15, -0.1) is 0 Å². The van der Waals surface area contributed by atoms with Gasteiger partial charge in [0.05, 0.1) is 6.33 Å². The number of amides is 3. The topological polar surface area (TPSA) is 79.3 Å². The van der Waals surface area contributed by atoms with Gasteiger partial charge in [-0.05, 0) is 43.4 Å². The van der Waals surface area contributed by atoms with Crippen molar-refractivity contribution in [3.8, 4) is 0 Å². The van der Waals surface area contributed by atoms with Crippen molar-refractivity contribution in [1.82, 2.24) is 25.1 Å². The second-order valence-electron chi connectivity index (χ2n) is 8.45. The minimum absolute atomic E-state index is 0.0554. The number of nitrogens with zero attached hydrogens (tertiary/aromatic N) is 3. The number of urea groups is 1. The Labute approximate surface area is 177 Å². The van der Waals surface area contributed by atoms with Gasteiger partial charge >= 0.3 is 6.03 Å². The number of benzene rings is 1. The lowest BCUT2D eigenvalue weighted by atomic mass is 9.96. The minimum atomic E-state index is -0.0554. The monoisotopic (exact) mass is 409 g/mol. The third kappa shape index (κ3) is 5.40. The quantitative estimate of drug-likeness (QED) is 0.796. The second-order valence-corrected chi connectivity index (χ2v) is 8.45. The molecule has 0 spiro atoms. The summed E-state index contributed by atoms with van der Waals surface area (Å²) < 4.78 is 2.00. The first kappa shape index (κ1) is 20.4. The summed E-state index contributed by atoms with van der Waals surface area (Å²) in [4.78, 5) is 31.0. The number of likely N-dealkylation sites (tertiary alicyclic amines) is 1. The van der Waals surface area contributed by atoms with Crippen molar-refractivity contribution >= 4 is 11.9 Å². The van der Waals surface area contributed by atoms with Crippen molar-refractivity contribution in [2.24, 2.45) is 0 Å². The standard InChI is InChI=1S/C23H31N5O2/c29-22(19-8-6-18(7-9-19)16-27-15-12-24-17-27)28-13-10-21(11-14-28)26-23(30)25-20-4-2-1-3-5-20/h6-9,12,15,17,20-21H,1-5,10-11,13-14,16H2,(H2,25,26,30). The van der Waals surface area contributed by atoms with Crippen LogP contribution in [0.2, 0.25) is 0 Å². The van der Waals surface area contributed by atoms with Crippen molar-refractivity contribution in [1.29, 1.82) is 0 Å². The zero-order valence-electron chi connectivity index (χ0n) is 17.4. The molecule has 1 aromatic carbocycles. The average Bonchev–Trinajstić information content (AvgIpc) is 3.28. The molecule has 0 radical (unpaired) electrons. The second kappa shape index (κ2) is 9.78. The summed E-state index contributed by atoms with van der Waals surface area (Å²) in [7, 11) is 0. The normalized spacial score (nSPS) is 18.2. The predicted octanol–water partition coefficient (Wildman–Crippen LogP) is 3.17. The third-order valence-corrected chi connectivity index (χ3v) is 6.18. The Bertz CT molecular complexity index is 820. The maximum atomic E-state index is 12.8. The molecule has 4 rings (SSSR count). The van der Waals surface area contributed by atoms with E-state index >= 15 is 0 Å². The van der Waals surface area contributed by atoms with Gasteiger partial charge in [0.1, 0.15) is 0 Å². The molecule has 0 bridgehead atoms. The van der Waals surface area contributed by atoms with Crippen LogP contribution < -0.4 is 10.6 Å². The first-order valence-corrected chi connectivity index (χ1v) is 11.1. The fourth-order valence-electron chi connectivity index (χ4n) is 4.41. The highest BCUT2D eigenvalue weighted by Gasteiger charge is 2.25. The first-order chi connectivity index (χ1) is 14.7. The van der Waals surface area contributed by atoms with Crippen LogP contribution >= 0.6 is 0 Å². The molecule has 2 aromatic rings. The molecule has 0 atom stereocenters. The van der Waals surface area contributed by atoms with E-state index in [2.05, 4.69) is 15.6 Å². The molecule has 160 valence electrons. The van der Waals surface area contributed by atoms with Gasteiger partial charge in [-0.2, -0.15) is 0 Å². The lowest BCUT2D eigenvalue weighted by molar-refractivity contribution is 0.0708. The van der Waals surface area contributed by atoms with Gasteiger partial charge in [-0.3, -0.25) is 4.79 Å². The Morgan fingerprint density at radius 2 is 1.60 bits per heavy atom. The van der Waals surface area contributed by atoms with Crippen LogP contribution in [0, 0.1) is 0 Å². The van der Waals surface area contributed by atoms with Gasteiger partial charge in [0.15, 0.2) is 0 Å². The molecule has 2 N–H and O–H groups in total. The molecule has 1 saturated heterocycles. The molecule has 2 aliphatic rings. The zero-order valence-corrected chi connectivity index (χ0v) is 17.4. The van der Waals surface area contributed by atoms with E-state index in [0.717, 1.165) is 37.8 Å². The minimum Gasteiger partial charge on any atom is -0.338 e. The molecule has 1 aliphatic carbocycles. The number of hydrogen-bond donors (Lipinski definition) is 2. The van der Waals surface area contributed by atoms with Crippen molar-refractivity contribution in [2.45, 2.75) is 63.6 Å². The van der Waals surface area contributed by atoms with Crippen LogP contribution in [-0.2, 0) is 6.54 Å². The van der Waals surface area contributed by atoms with Crippen molar-refractivity contribution in [3.05, 3.63) is 54.1 Å². The van der Waals surface area contributed by atoms with Crippen molar-refractivity contribution < 1.29 is 9.59 Å². The number of hydrogen-bond acceptors (Lipinski definition) is 3. The number of nitrogens with one attached hydrogen (secondary N) is 2. The summed E-state index contributed by atoms with van der Waals surface area (Å²) in [5, 5.41) is 6.21. The summed E-state index contributed by atoms with van der Waals surface area (Å²) in [6.07, 6.45) is 12.9. The number of carbonyl (C=O) groups excluding carboxylic acids is 2. The molecular weight excluding hydrogens is 378 g/mol. The van der Waals surface area contributed by atoms with Crippen LogP contribution in [0.4, 0.5) is 4.79 Å². The lowest BCUT2D eigenvalue weighted by Crippen LogP contribution is -2.51. The van der Waals surface area contributed by atoms with Crippen molar-refractivity contribution in [3.63, 3.8) is 0 Å². The number of rotatable bonds is 5. The smallest absolute Gasteiger partial charge is 0.315 e. The largest absolute Gasteiger partial charge is 0.338 e. The maximum absolute atomic E-state index is 12.8. The highest BCUT2D eigenvalue weighted by atomic mass is 16.2. The van der Waals surface area contributed by atoms with Gasteiger partial charge in [0.2, 0.25) is 0 Å². The Kier molecular flexibility index (Phi) is 6.67. The first-order valence-electron chi connectivity index (χ1n) is 11.1. The Morgan fingerprint density at radius 3 is 2.23 bits per heavy atom. The number of piperidine rings is 1. The summed E-state index contributed by atoms with van der Waals surface area (Å²) >= 11 is 0. The van der Waals surface area contributed by atoms with E-state index in [9.17, 15) is 9.59 Å². The maximum Gasteiger partial charge on any atom is 0.315 e. The van der Waals surface area contributed by atoms with E-state index < -0.39 is 0 Å². The molecule has 2 fully saturated rings. The summed E-state index contributed by atoms with van der Waals surface area (Å²) in [5.41, 5.74) is 1.85. The van der Waals surface area contributed by atoms with Gasteiger partial charge in [-0.25, -0.2) is 9.78 Å². The average molecular weight is 410 g/mol. The molecule has 1 aromatic heterocycles. The third-order valence-electron chi connectivity index (χ3n) is 6.18. The van der Waals surface area contributed by atoms with E-state index in [-0.39, 0.29) is 18.0 Å². The number of imidazole rings is 1. The van der Waals surface area contributed by atoms with Crippen LogP contribution in [0.25, 0.3) is 0 Å². The zero-order chi connectivity index (χ0) is 20.8. The lowest BCUT2D eigenvalue weighted by Gasteiger charge is -2.33. The number of aromatic nitrogens is 2.